The van der Waals surface area contributed by atoms with Crippen LogP contribution in [-0.2, 0) is 7.05 Å². The Morgan fingerprint density at radius 3 is 2.94 bits per heavy atom. The van der Waals surface area contributed by atoms with E-state index in [2.05, 4.69) is 36.5 Å². The normalized spacial score (nSPS) is 11.2. The van der Waals surface area contributed by atoms with Gasteiger partial charge in [0.1, 0.15) is 5.52 Å². The van der Waals surface area contributed by atoms with Gasteiger partial charge in [-0.05, 0) is 18.2 Å². The highest BCUT2D eigenvalue weighted by atomic mass is 79.9. The zero-order chi connectivity index (χ0) is 12.0. The first-order valence-corrected chi connectivity index (χ1v) is 5.75. The van der Waals surface area contributed by atoms with Crippen molar-refractivity contribution in [3.63, 3.8) is 0 Å². The summed E-state index contributed by atoms with van der Waals surface area (Å²) in [5.74, 6) is 5.59. The molecule has 86 valence electrons. The van der Waals surface area contributed by atoms with Crippen molar-refractivity contribution in [2.45, 2.75) is 0 Å². The number of hydrogen-bond acceptors (Lipinski definition) is 5. The van der Waals surface area contributed by atoms with Gasteiger partial charge in [0.05, 0.1) is 5.52 Å². The number of aromatic nitrogens is 4. The van der Waals surface area contributed by atoms with Crippen LogP contribution in [0.5, 0.6) is 0 Å². The molecule has 2 heterocycles. The molecule has 3 aromatic rings. The first-order chi connectivity index (χ1) is 8.20. The molecule has 0 unspecified atom stereocenters. The van der Waals surface area contributed by atoms with E-state index in [1.165, 1.54) is 0 Å². The zero-order valence-electron chi connectivity index (χ0n) is 8.98. The van der Waals surface area contributed by atoms with E-state index in [1.807, 2.05) is 29.8 Å². The monoisotopic (exact) mass is 292 g/mol. The summed E-state index contributed by atoms with van der Waals surface area (Å²) in [6.07, 6.45) is 0. The number of nitrogen functional groups attached to an aromatic ring is 1. The number of halogens is 1. The molecule has 0 amide bonds. The highest BCUT2D eigenvalue weighted by Crippen LogP contribution is 2.27. The van der Waals surface area contributed by atoms with Crippen molar-refractivity contribution in [1.29, 1.82) is 0 Å². The number of nitrogens with two attached hydrogens (primary N) is 1. The van der Waals surface area contributed by atoms with Crippen molar-refractivity contribution < 1.29 is 0 Å². The molecule has 0 spiro atoms. The lowest BCUT2D eigenvalue weighted by Gasteiger charge is -1.98. The largest absolute Gasteiger partial charge is 0.327 e. The van der Waals surface area contributed by atoms with Gasteiger partial charge in [-0.25, -0.2) is 5.84 Å². The molecule has 0 aliphatic heterocycles. The van der Waals surface area contributed by atoms with Crippen LogP contribution >= 0.6 is 15.9 Å². The first-order valence-electron chi connectivity index (χ1n) is 4.95. The third kappa shape index (κ3) is 1.47. The number of fused-ring (bicyclic) bond motifs is 3. The van der Waals surface area contributed by atoms with E-state index < -0.39 is 0 Å². The third-order valence-corrected chi connectivity index (χ3v) is 3.18. The highest BCUT2D eigenvalue weighted by molar-refractivity contribution is 9.10. The zero-order valence-corrected chi connectivity index (χ0v) is 10.6. The van der Waals surface area contributed by atoms with Crippen LogP contribution in [0.1, 0.15) is 0 Å². The van der Waals surface area contributed by atoms with Crippen LogP contribution in [0.4, 0.5) is 5.95 Å². The van der Waals surface area contributed by atoms with Crippen LogP contribution in [0.3, 0.4) is 0 Å². The Hall–Kier alpha value is -1.73. The number of benzene rings is 1. The van der Waals surface area contributed by atoms with Crippen LogP contribution in [0, 0.1) is 0 Å². The van der Waals surface area contributed by atoms with E-state index in [1.54, 1.807) is 0 Å². The fraction of sp³-hybridized carbons (Fsp3) is 0.100. The molecule has 7 heteroatoms. The molecule has 3 rings (SSSR count). The van der Waals surface area contributed by atoms with Crippen molar-refractivity contribution in [1.82, 2.24) is 19.7 Å². The molecule has 0 saturated heterocycles. The van der Waals surface area contributed by atoms with E-state index in [0.29, 0.717) is 5.95 Å². The molecule has 17 heavy (non-hydrogen) atoms. The smallest absolute Gasteiger partial charge is 0.258 e. The van der Waals surface area contributed by atoms with Gasteiger partial charge >= 0.3 is 0 Å². The lowest BCUT2D eigenvalue weighted by molar-refractivity contribution is 0.949. The van der Waals surface area contributed by atoms with Crippen LogP contribution < -0.4 is 11.3 Å². The number of nitrogens with one attached hydrogen (secondary N) is 1. The van der Waals surface area contributed by atoms with Crippen LogP contribution in [-0.4, -0.2) is 19.7 Å². The van der Waals surface area contributed by atoms with Crippen molar-refractivity contribution >= 4 is 43.9 Å². The van der Waals surface area contributed by atoms with Crippen LogP contribution in [0.15, 0.2) is 22.7 Å². The summed E-state index contributed by atoms with van der Waals surface area (Å²) in [4.78, 5) is 4.30. The summed E-state index contributed by atoms with van der Waals surface area (Å²) in [5, 5.41) is 9.05. The number of rotatable bonds is 1. The van der Waals surface area contributed by atoms with E-state index in [-0.39, 0.29) is 0 Å². The van der Waals surface area contributed by atoms with Gasteiger partial charge in [0.2, 0.25) is 0 Å². The first kappa shape index (κ1) is 10.4. The number of hydrazine groups is 1. The summed E-state index contributed by atoms with van der Waals surface area (Å²) in [6, 6.07) is 5.99. The Labute approximate surface area is 105 Å². The van der Waals surface area contributed by atoms with Gasteiger partial charge in [0.25, 0.3) is 5.95 Å². The Kier molecular flexibility index (Phi) is 2.23. The van der Waals surface area contributed by atoms with E-state index in [9.17, 15) is 0 Å². The van der Waals surface area contributed by atoms with Gasteiger partial charge in [0, 0.05) is 16.9 Å². The molecule has 0 fully saturated rings. The second kappa shape index (κ2) is 3.64. The van der Waals surface area contributed by atoms with Crippen molar-refractivity contribution in [2.24, 2.45) is 12.9 Å². The molecule has 0 aliphatic carbocycles. The average molecular weight is 293 g/mol. The van der Waals surface area contributed by atoms with Gasteiger partial charge in [-0.1, -0.05) is 15.9 Å². The molecule has 0 aliphatic rings. The Balaban J connectivity index is 2.48. The second-order valence-electron chi connectivity index (χ2n) is 3.67. The molecular weight excluding hydrogens is 284 g/mol. The number of anilines is 1. The van der Waals surface area contributed by atoms with E-state index >= 15 is 0 Å². The fourth-order valence-electron chi connectivity index (χ4n) is 1.88. The molecular formula is C10H9BrN6. The Bertz CT molecular complexity index is 719. The highest BCUT2D eigenvalue weighted by Gasteiger charge is 2.12. The molecule has 3 N–H and O–H groups in total. The predicted octanol–water partition coefficient (Wildman–Crippen LogP) is 1.56. The van der Waals surface area contributed by atoms with Gasteiger partial charge < -0.3 is 4.57 Å². The summed E-state index contributed by atoms with van der Waals surface area (Å²) >= 11 is 3.45. The van der Waals surface area contributed by atoms with E-state index in [0.717, 1.165) is 26.5 Å². The Morgan fingerprint density at radius 1 is 1.35 bits per heavy atom. The molecule has 1 aromatic carbocycles. The van der Waals surface area contributed by atoms with Gasteiger partial charge in [-0.15, -0.1) is 10.2 Å². The second-order valence-corrected chi connectivity index (χ2v) is 4.59. The number of aryl methyl sites for hydroxylation is 1. The minimum atomic E-state index is 0.308. The van der Waals surface area contributed by atoms with Crippen LogP contribution in [0.25, 0.3) is 22.1 Å². The van der Waals surface area contributed by atoms with Crippen LogP contribution in [0.2, 0.25) is 0 Å². The number of nitrogens with zero attached hydrogens (tertiary/aromatic N) is 4. The van der Waals surface area contributed by atoms with Crippen molar-refractivity contribution in [3.05, 3.63) is 22.7 Å². The quantitative estimate of drug-likeness (QED) is 0.525. The fourth-order valence-corrected chi connectivity index (χ4v) is 2.23. The molecule has 2 aromatic heterocycles. The molecule has 0 bridgehead atoms. The maximum absolute atomic E-state index is 5.28. The standard InChI is InChI=1S/C10H9BrN6/c1-17-7-4-5(11)2-3-6(7)8-9(17)13-10(14-12)16-15-8/h2-4H,12H2,1H3,(H,13,14,16). The SMILES string of the molecule is Cn1c2cc(Br)ccc2c2nnc(NN)nc21. The lowest BCUT2D eigenvalue weighted by atomic mass is 10.2. The van der Waals surface area contributed by atoms with Crippen molar-refractivity contribution in [2.75, 3.05) is 5.43 Å². The average Bonchev–Trinajstić information content (AvgIpc) is 2.62. The third-order valence-electron chi connectivity index (χ3n) is 2.69. The lowest BCUT2D eigenvalue weighted by Crippen LogP contribution is -2.11. The summed E-state index contributed by atoms with van der Waals surface area (Å²) < 4.78 is 2.98. The van der Waals surface area contributed by atoms with E-state index in [4.69, 9.17) is 5.84 Å². The minimum Gasteiger partial charge on any atom is -0.327 e. The summed E-state index contributed by atoms with van der Waals surface area (Å²) in [5.41, 5.74) is 4.96. The van der Waals surface area contributed by atoms with Gasteiger partial charge in [-0.2, -0.15) is 4.98 Å². The predicted molar refractivity (Wildman–Crippen MR) is 69.3 cm³/mol. The molecule has 6 nitrogen and oxygen atoms in total. The van der Waals surface area contributed by atoms with Gasteiger partial charge in [0.15, 0.2) is 5.65 Å². The molecule has 0 radical (unpaired) electrons. The maximum Gasteiger partial charge on any atom is 0.258 e. The van der Waals surface area contributed by atoms with Gasteiger partial charge in [-0.3, -0.25) is 5.43 Å². The summed E-state index contributed by atoms with van der Waals surface area (Å²) in [6.45, 7) is 0. The minimum absolute atomic E-state index is 0.308. The molecule has 0 atom stereocenters. The summed E-state index contributed by atoms with van der Waals surface area (Å²) in [7, 11) is 1.94. The Morgan fingerprint density at radius 2 is 2.18 bits per heavy atom. The molecule has 0 saturated carbocycles. The number of hydrogen-bond donors (Lipinski definition) is 2. The topological polar surface area (TPSA) is 81.7 Å². The van der Waals surface area contributed by atoms with Crippen molar-refractivity contribution in [3.8, 4) is 0 Å². The maximum atomic E-state index is 5.28.